The molecule has 2 N–H and O–H groups in total. The Bertz CT molecular complexity index is 997. The van der Waals surface area contributed by atoms with Crippen molar-refractivity contribution in [1.29, 1.82) is 0 Å². The SMILES string of the molecule is CCOC(=O)/C=C/c1ccc(OC[C@@H](O)CNC(C)(C)CC2Cc3ccccc3C2)c(Cl)c1Cl. The third-order valence-corrected chi connectivity index (χ3v) is 6.82. The van der Waals surface area contributed by atoms with E-state index in [9.17, 15) is 9.90 Å². The molecule has 0 bridgehead atoms. The number of halogens is 2. The van der Waals surface area contributed by atoms with E-state index in [1.54, 1.807) is 25.1 Å². The number of ether oxygens (including phenoxy) is 2. The molecule has 7 heteroatoms. The van der Waals surface area contributed by atoms with Gasteiger partial charge in [0.25, 0.3) is 0 Å². The van der Waals surface area contributed by atoms with Crippen LogP contribution in [0.1, 0.15) is 43.9 Å². The fourth-order valence-corrected chi connectivity index (χ4v) is 4.81. The first-order valence-electron chi connectivity index (χ1n) is 11.6. The van der Waals surface area contributed by atoms with Crippen LogP contribution in [0.25, 0.3) is 6.08 Å². The highest BCUT2D eigenvalue weighted by Crippen LogP contribution is 2.35. The number of hydrogen-bond acceptors (Lipinski definition) is 5. The monoisotopic (exact) mass is 505 g/mol. The Morgan fingerprint density at radius 3 is 2.50 bits per heavy atom. The Morgan fingerprint density at radius 1 is 1.18 bits per heavy atom. The fourth-order valence-electron chi connectivity index (χ4n) is 4.36. The highest BCUT2D eigenvalue weighted by molar-refractivity contribution is 6.43. The quantitative estimate of drug-likeness (QED) is 0.312. The first kappa shape index (κ1) is 26.6. The lowest BCUT2D eigenvalue weighted by Gasteiger charge is -2.30. The van der Waals surface area contributed by atoms with E-state index in [0.717, 1.165) is 19.3 Å². The molecule has 0 amide bonds. The number of nitrogens with one attached hydrogen (secondary N) is 1. The first-order valence-corrected chi connectivity index (χ1v) is 12.4. The number of carbonyl (C=O) groups excluding carboxylic acids is 1. The first-order chi connectivity index (χ1) is 16.2. The Labute approximate surface area is 212 Å². The van der Waals surface area contributed by atoms with Crippen molar-refractivity contribution in [2.24, 2.45) is 5.92 Å². The number of β-amino-alcohol motifs (C(OH)–C–C–N with tert-alkyl or cyclic N) is 1. The molecule has 1 aliphatic carbocycles. The summed E-state index contributed by atoms with van der Waals surface area (Å²) in [7, 11) is 0. The molecule has 0 radical (unpaired) electrons. The number of rotatable bonds is 11. The van der Waals surface area contributed by atoms with Gasteiger partial charge in [-0.2, -0.15) is 0 Å². The van der Waals surface area contributed by atoms with Crippen molar-refractivity contribution in [3.8, 4) is 5.75 Å². The molecule has 0 spiro atoms. The summed E-state index contributed by atoms with van der Waals surface area (Å²) in [6.45, 7) is 6.85. The van der Waals surface area contributed by atoms with Gasteiger partial charge in [-0.25, -0.2) is 4.79 Å². The third kappa shape index (κ3) is 7.47. The van der Waals surface area contributed by atoms with Crippen molar-refractivity contribution >= 4 is 35.2 Å². The van der Waals surface area contributed by atoms with Crippen molar-refractivity contribution in [1.82, 2.24) is 5.32 Å². The van der Waals surface area contributed by atoms with E-state index in [1.807, 2.05) is 0 Å². The van der Waals surface area contributed by atoms with Gasteiger partial charge in [-0.05, 0) is 80.9 Å². The fraction of sp³-hybridized carbons (Fsp3) is 0.444. The minimum atomic E-state index is -0.710. The summed E-state index contributed by atoms with van der Waals surface area (Å²) in [6.07, 6.45) is 5.37. The van der Waals surface area contributed by atoms with E-state index in [2.05, 4.69) is 43.4 Å². The molecule has 2 aromatic carbocycles. The van der Waals surface area contributed by atoms with Crippen LogP contribution in [-0.2, 0) is 22.4 Å². The molecule has 0 aliphatic heterocycles. The van der Waals surface area contributed by atoms with Crippen LogP contribution in [-0.4, -0.2) is 42.5 Å². The highest BCUT2D eigenvalue weighted by Gasteiger charge is 2.28. The van der Waals surface area contributed by atoms with Crippen molar-refractivity contribution in [3.05, 3.63) is 69.2 Å². The van der Waals surface area contributed by atoms with Crippen LogP contribution in [0.15, 0.2) is 42.5 Å². The summed E-state index contributed by atoms with van der Waals surface area (Å²) in [5.41, 5.74) is 3.37. The summed E-state index contributed by atoms with van der Waals surface area (Å²) in [6, 6.07) is 12.0. The van der Waals surface area contributed by atoms with Gasteiger partial charge in [0.15, 0.2) is 0 Å². The van der Waals surface area contributed by atoms with Gasteiger partial charge in [-0.3, -0.25) is 0 Å². The molecule has 34 heavy (non-hydrogen) atoms. The molecule has 184 valence electrons. The smallest absolute Gasteiger partial charge is 0.330 e. The van der Waals surface area contributed by atoms with Gasteiger partial charge >= 0.3 is 5.97 Å². The number of aliphatic hydroxyl groups is 1. The summed E-state index contributed by atoms with van der Waals surface area (Å²) in [5, 5.41) is 14.4. The largest absolute Gasteiger partial charge is 0.489 e. The summed E-state index contributed by atoms with van der Waals surface area (Å²) < 4.78 is 10.6. The Kier molecular flexibility index (Phi) is 9.43. The third-order valence-electron chi connectivity index (χ3n) is 5.94. The lowest BCUT2D eigenvalue weighted by atomic mass is 9.88. The van der Waals surface area contributed by atoms with Crippen LogP contribution in [0.3, 0.4) is 0 Å². The van der Waals surface area contributed by atoms with Gasteiger partial charge < -0.3 is 19.9 Å². The number of benzene rings is 2. The second-order valence-corrected chi connectivity index (χ2v) is 10.1. The second-order valence-electron chi connectivity index (χ2n) is 9.34. The molecular weight excluding hydrogens is 473 g/mol. The maximum absolute atomic E-state index is 11.5. The summed E-state index contributed by atoms with van der Waals surface area (Å²) in [5.74, 6) is 0.527. The Hall–Kier alpha value is -2.05. The summed E-state index contributed by atoms with van der Waals surface area (Å²) >= 11 is 12.7. The van der Waals surface area contributed by atoms with E-state index in [-0.39, 0.29) is 22.2 Å². The van der Waals surface area contributed by atoms with Crippen LogP contribution in [0.2, 0.25) is 10.0 Å². The van der Waals surface area contributed by atoms with Gasteiger partial charge in [0, 0.05) is 18.2 Å². The molecule has 1 atom stereocenters. The van der Waals surface area contributed by atoms with E-state index >= 15 is 0 Å². The number of fused-ring (bicyclic) bond motifs is 1. The van der Waals surface area contributed by atoms with Crippen LogP contribution in [0, 0.1) is 5.92 Å². The Morgan fingerprint density at radius 2 is 1.85 bits per heavy atom. The van der Waals surface area contributed by atoms with Gasteiger partial charge in [0.05, 0.1) is 11.6 Å². The van der Waals surface area contributed by atoms with Crippen molar-refractivity contribution in [2.45, 2.75) is 51.7 Å². The molecule has 5 nitrogen and oxygen atoms in total. The van der Waals surface area contributed by atoms with Gasteiger partial charge in [0.1, 0.15) is 23.5 Å². The van der Waals surface area contributed by atoms with E-state index < -0.39 is 12.1 Å². The molecule has 1 aliphatic rings. The number of aliphatic hydroxyl groups excluding tert-OH is 1. The van der Waals surface area contributed by atoms with Crippen molar-refractivity contribution in [2.75, 3.05) is 19.8 Å². The van der Waals surface area contributed by atoms with Gasteiger partial charge in [-0.15, -0.1) is 0 Å². The average Bonchev–Trinajstić information content (AvgIpc) is 3.19. The van der Waals surface area contributed by atoms with Gasteiger partial charge in [0.2, 0.25) is 0 Å². The number of hydrogen-bond donors (Lipinski definition) is 2. The normalized spacial score (nSPS) is 14.9. The zero-order valence-electron chi connectivity index (χ0n) is 19.9. The highest BCUT2D eigenvalue weighted by atomic mass is 35.5. The number of esters is 1. The standard InChI is InChI=1S/C27H33Cl2NO4/c1-4-33-24(32)12-10-19-9-11-23(26(29)25(19)28)34-17-22(31)16-30-27(2,3)15-18-13-20-7-5-6-8-21(20)14-18/h5-12,18,22,30-31H,4,13-17H2,1-3H3/b12-10+/t22-/m0/s1. The van der Waals surface area contributed by atoms with Crippen LogP contribution < -0.4 is 10.1 Å². The van der Waals surface area contributed by atoms with Crippen LogP contribution >= 0.6 is 23.2 Å². The van der Waals surface area contributed by atoms with Crippen molar-refractivity contribution in [3.63, 3.8) is 0 Å². The molecule has 0 fully saturated rings. The molecule has 0 saturated carbocycles. The van der Waals surface area contributed by atoms with E-state index in [1.165, 1.54) is 17.2 Å². The summed E-state index contributed by atoms with van der Waals surface area (Å²) in [4.78, 5) is 11.5. The molecule has 3 rings (SSSR count). The van der Waals surface area contributed by atoms with Crippen LogP contribution in [0.5, 0.6) is 5.75 Å². The topological polar surface area (TPSA) is 67.8 Å². The molecule has 0 aromatic heterocycles. The van der Waals surface area contributed by atoms with Gasteiger partial charge in [-0.1, -0.05) is 47.5 Å². The lowest BCUT2D eigenvalue weighted by Crippen LogP contribution is -2.46. The predicted molar refractivity (Wildman–Crippen MR) is 138 cm³/mol. The second kappa shape index (κ2) is 12.1. The maximum Gasteiger partial charge on any atom is 0.330 e. The zero-order chi connectivity index (χ0) is 24.7. The zero-order valence-corrected chi connectivity index (χ0v) is 21.5. The molecule has 2 aromatic rings. The Balaban J connectivity index is 1.46. The lowest BCUT2D eigenvalue weighted by molar-refractivity contribution is -0.137. The molecular formula is C27H33Cl2NO4. The van der Waals surface area contributed by atoms with E-state index in [4.69, 9.17) is 32.7 Å². The number of carbonyl (C=O) groups is 1. The minimum Gasteiger partial charge on any atom is -0.489 e. The maximum atomic E-state index is 11.5. The minimum absolute atomic E-state index is 0.0754. The molecule has 0 unspecified atom stereocenters. The van der Waals surface area contributed by atoms with Crippen LogP contribution in [0.4, 0.5) is 0 Å². The predicted octanol–water partition coefficient (Wildman–Crippen LogP) is 5.48. The van der Waals surface area contributed by atoms with E-state index in [0.29, 0.717) is 30.4 Å². The molecule has 0 heterocycles. The van der Waals surface area contributed by atoms with Crippen molar-refractivity contribution < 1.29 is 19.4 Å². The molecule has 0 saturated heterocycles. The average molecular weight is 506 g/mol.